The van der Waals surface area contributed by atoms with Gasteiger partial charge in [0.15, 0.2) is 0 Å². The zero-order valence-electron chi connectivity index (χ0n) is 14.6. The van der Waals surface area contributed by atoms with E-state index in [1.807, 2.05) is 36.9 Å². The van der Waals surface area contributed by atoms with Crippen LogP contribution in [0, 0.1) is 6.42 Å². The van der Waals surface area contributed by atoms with Gasteiger partial charge in [0.1, 0.15) is 17.2 Å². The van der Waals surface area contributed by atoms with Crippen LogP contribution in [0.3, 0.4) is 0 Å². The first-order valence-corrected chi connectivity index (χ1v) is 9.04. The van der Waals surface area contributed by atoms with E-state index < -0.39 is 6.09 Å². The van der Waals surface area contributed by atoms with Crippen molar-refractivity contribution in [1.82, 2.24) is 4.90 Å². The number of thioether (sulfide) groups is 1. The summed E-state index contributed by atoms with van der Waals surface area (Å²) in [6.45, 7) is 0.509. The Balaban J connectivity index is 1.81. The van der Waals surface area contributed by atoms with Crippen LogP contribution in [-0.4, -0.2) is 43.1 Å². The molecule has 2 aromatic carbocycles. The normalized spacial score (nSPS) is 10.4. The molecule has 0 aliphatic rings. The Kier molecular flexibility index (Phi) is 7.01. The fourth-order valence-corrected chi connectivity index (χ4v) is 2.42. The molecule has 6 heteroatoms. The van der Waals surface area contributed by atoms with Crippen molar-refractivity contribution in [3.8, 4) is 17.2 Å². The highest BCUT2D eigenvalue weighted by Gasteiger charge is 2.09. The van der Waals surface area contributed by atoms with Gasteiger partial charge in [-0.25, -0.2) is 4.79 Å². The van der Waals surface area contributed by atoms with Crippen LogP contribution in [0.25, 0.3) is 0 Å². The molecule has 1 radical (unpaired) electrons. The van der Waals surface area contributed by atoms with Gasteiger partial charge in [0.25, 0.3) is 0 Å². The Bertz CT molecular complexity index is 701. The van der Waals surface area contributed by atoms with Gasteiger partial charge in [-0.2, -0.15) is 0 Å². The maximum absolute atomic E-state index is 11.5. The van der Waals surface area contributed by atoms with E-state index in [4.69, 9.17) is 9.47 Å². The third-order valence-electron chi connectivity index (χ3n) is 3.38. The van der Waals surface area contributed by atoms with Crippen molar-refractivity contribution in [3.63, 3.8) is 0 Å². The number of nitrogens with zero attached hydrogens (tertiary/aromatic N) is 1. The van der Waals surface area contributed by atoms with Crippen LogP contribution in [0.4, 0.5) is 4.79 Å². The molecule has 0 aliphatic carbocycles. The van der Waals surface area contributed by atoms with E-state index in [0.717, 1.165) is 5.75 Å². The lowest BCUT2D eigenvalue weighted by Crippen LogP contribution is -2.25. The van der Waals surface area contributed by atoms with Gasteiger partial charge in [-0.3, -0.25) is 0 Å². The molecule has 0 bridgehead atoms. The molecule has 133 valence electrons. The quantitative estimate of drug-likeness (QED) is 0.592. The molecule has 2 aromatic rings. The summed E-state index contributed by atoms with van der Waals surface area (Å²) < 4.78 is 10.8. The summed E-state index contributed by atoms with van der Waals surface area (Å²) in [6.07, 6.45) is 4.07. The number of phenolic OH excluding ortho intramolecular Hbond substituents is 1. The molecule has 0 aliphatic heterocycles. The minimum absolute atomic E-state index is 0.0633. The molecule has 1 N–H and O–H groups in total. The Morgan fingerprint density at radius 1 is 1.16 bits per heavy atom. The first-order valence-electron chi connectivity index (χ1n) is 7.82. The van der Waals surface area contributed by atoms with Gasteiger partial charge in [-0.05, 0) is 55.0 Å². The highest BCUT2D eigenvalue weighted by Crippen LogP contribution is 2.26. The van der Waals surface area contributed by atoms with Crippen LogP contribution in [0.1, 0.15) is 12.0 Å². The third-order valence-corrected chi connectivity index (χ3v) is 4.13. The molecule has 2 rings (SSSR count). The number of aromatic hydroxyl groups is 1. The summed E-state index contributed by atoms with van der Waals surface area (Å²) in [5.74, 6) is 1.19. The van der Waals surface area contributed by atoms with E-state index in [1.165, 1.54) is 15.9 Å². The number of phenols is 1. The van der Waals surface area contributed by atoms with Gasteiger partial charge in [-0.1, -0.05) is 6.07 Å². The first-order chi connectivity index (χ1) is 12.0. The average Bonchev–Trinajstić information content (AvgIpc) is 2.60. The maximum atomic E-state index is 11.5. The number of rotatable bonds is 7. The van der Waals surface area contributed by atoms with Crippen molar-refractivity contribution in [2.75, 3.05) is 27.0 Å². The number of amides is 1. The van der Waals surface area contributed by atoms with Crippen LogP contribution >= 0.6 is 11.8 Å². The minimum atomic E-state index is -0.489. The largest absolute Gasteiger partial charge is 0.508 e. The van der Waals surface area contributed by atoms with Crippen molar-refractivity contribution in [1.29, 1.82) is 0 Å². The standard InChI is InChI=1S/C19H22NO4S/c1-20(2)19(22)24-16-7-6-14(18(21)13-16)5-4-12-23-15-8-10-17(25-3)11-9-15/h5-11,13,21H,4,12H2,1-3H3. The maximum Gasteiger partial charge on any atom is 0.414 e. The van der Waals surface area contributed by atoms with Gasteiger partial charge in [0, 0.05) is 25.1 Å². The van der Waals surface area contributed by atoms with E-state index in [-0.39, 0.29) is 5.75 Å². The Morgan fingerprint density at radius 2 is 1.84 bits per heavy atom. The van der Waals surface area contributed by atoms with Crippen molar-refractivity contribution < 1.29 is 19.4 Å². The fourth-order valence-electron chi connectivity index (χ4n) is 2.01. The third kappa shape index (κ3) is 5.90. The van der Waals surface area contributed by atoms with Gasteiger partial charge >= 0.3 is 6.09 Å². The van der Waals surface area contributed by atoms with Gasteiger partial charge in [0.2, 0.25) is 0 Å². The molecule has 0 aromatic heterocycles. The number of carbonyl (C=O) groups is 1. The van der Waals surface area contributed by atoms with Gasteiger partial charge in [-0.15, -0.1) is 11.8 Å². The summed E-state index contributed by atoms with van der Waals surface area (Å²) in [5, 5.41) is 10.0. The summed E-state index contributed by atoms with van der Waals surface area (Å²) >= 11 is 1.69. The van der Waals surface area contributed by atoms with E-state index in [2.05, 4.69) is 0 Å². The lowest BCUT2D eigenvalue weighted by Gasteiger charge is -2.12. The van der Waals surface area contributed by atoms with Crippen LogP contribution in [0.5, 0.6) is 17.2 Å². The molecule has 0 heterocycles. The van der Waals surface area contributed by atoms with Crippen LogP contribution in [0.2, 0.25) is 0 Å². The van der Waals surface area contributed by atoms with Gasteiger partial charge in [0.05, 0.1) is 6.61 Å². The lowest BCUT2D eigenvalue weighted by molar-refractivity contribution is 0.172. The molecular formula is C19H22NO4S. The second kappa shape index (κ2) is 9.22. The molecule has 0 spiro atoms. The molecule has 0 fully saturated rings. The highest BCUT2D eigenvalue weighted by molar-refractivity contribution is 7.98. The molecule has 0 saturated heterocycles. The Labute approximate surface area is 152 Å². The SMILES string of the molecule is CSc1ccc(OCC[CH]c2ccc(OC(=O)N(C)C)cc2O)cc1. The topological polar surface area (TPSA) is 59.0 Å². The second-order valence-corrected chi connectivity index (χ2v) is 6.38. The summed E-state index contributed by atoms with van der Waals surface area (Å²) in [6, 6.07) is 12.7. The number of ether oxygens (including phenoxy) is 2. The molecular weight excluding hydrogens is 338 g/mol. The van der Waals surface area contributed by atoms with E-state index in [9.17, 15) is 9.90 Å². The second-order valence-electron chi connectivity index (χ2n) is 5.50. The van der Waals surface area contributed by atoms with E-state index >= 15 is 0 Å². The zero-order chi connectivity index (χ0) is 18.2. The average molecular weight is 360 g/mol. The van der Waals surface area contributed by atoms with Crippen molar-refractivity contribution in [2.24, 2.45) is 0 Å². The Hall–Kier alpha value is -2.34. The van der Waals surface area contributed by atoms with Crippen LogP contribution in [-0.2, 0) is 0 Å². The summed E-state index contributed by atoms with van der Waals surface area (Å²) in [7, 11) is 3.19. The van der Waals surface area contributed by atoms with Crippen LogP contribution in [0.15, 0.2) is 47.4 Å². The predicted molar refractivity (Wildman–Crippen MR) is 99.6 cm³/mol. The molecule has 1 amide bonds. The Morgan fingerprint density at radius 3 is 2.44 bits per heavy atom. The summed E-state index contributed by atoms with van der Waals surface area (Å²) in [5.41, 5.74) is 0.672. The number of hydrogen-bond acceptors (Lipinski definition) is 5. The number of carbonyl (C=O) groups excluding carboxylic acids is 1. The van der Waals surface area contributed by atoms with Gasteiger partial charge < -0.3 is 19.5 Å². The number of benzene rings is 2. The van der Waals surface area contributed by atoms with Crippen molar-refractivity contribution >= 4 is 17.9 Å². The number of hydrogen-bond donors (Lipinski definition) is 1. The fraction of sp³-hybridized carbons (Fsp3) is 0.263. The smallest absolute Gasteiger partial charge is 0.414 e. The zero-order valence-corrected chi connectivity index (χ0v) is 15.4. The van der Waals surface area contributed by atoms with E-state index in [1.54, 1.807) is 38.0 Å². The molecule has 0 atom stereocenters. The van der Waals surface area contributed by atoms with Crippen LogP contribution < -0.4 is 9.47 Å². The molecule has 0 saturated carbocycles. The highest BCUT2D eigenvalue weighted by atomic mass is 32.2. The van der Waals surface area contributed by atoms with Crippen molar-refractivity contribution in [2.45, 2.75) is 11.3 Å². The van der Waals surface area contributed by atoms with E-state index in [0.29, 0.717) is 24.3 Å². The minimum Gasteiger partial charge on any atom is -0.508 e. The lowest BCUT2D eigenvalue weighted by atomic mass is 10.1. The monoisotopic (exact) mass is 360 g/mol. The first kappa shape index (κ1) is 19.0. The molecule has 0 unspecified atom stereocenters. The van der Waals surface area contributed by atoms with Crippen molar-refractivity contribution in [3.05, 3.63) is 54.4 Å². The summed E-state index contributed by atoms with van der Waals surface area (Å²) in [4.78, 5) is 14.0. The molecule has 25 heavy (non-hydrogen) atoms. The predicted octanol–water partition coefficient (Wildman–Crippen LogP) is 4.20. The molecule has 5 nitrogen and oxygen atoms in total.